The summed E-state index contributed by atoms with van der Waals surface area (Å²) in [6.07, 6.45) is 4.19. The highest BCUT2D eigenvalue weighted by molar-refractivity contribution is 9.10. The number of benzene rings is 1. The first-order valence-corrected chi connectivity index (χ1v) is 10.5. The van der Waals surface area contributed by atoms with Gasteiger partial charge >= 0.3 is 0 Å². The molecule has 26 heavy (non-hydrogen) atoms. The maximum absolute atomic E-state index is 12.7. The lowest BCUT2D eigenvalue weighted by Gasteiger charge is -2.08. The van der Waals surface area contributed by atoms with Crippen LogP contribution in [-0.4, -0.2) is 34.5 Å². The molecule has 0 saturated carbocycles. The average molecular weight is 438 g/mol. The average Bonchev–Trinajstić information content (AvgIpc) is 3.15. The van der Waals surface area contributed by atoms with Crippen LogP contribution in [0.3, 0.4) is 0 Å². The van der Waals surface area contributed by atoms with Crippen LogP contribution in [0.4, 0.5) is 0 Å². The van der Waals surface area contributed by atoms with Crippen molar-refractivity contribution in [2.24, 2.45) is 0 Å². The van der Waals surface area contributed by atoms with E-state index in [0.29, 0.717) is 30.9 Å². The van der Waals surface area contributed by atoms with E-state index in [2.05, 4.69) is 30.8 Å². The smallest absolute Gasteiger partial charge is 0.244 e. The molecule has 7 nitrogen and oxygen atoms in total. The molecule has 0 aliphatic heterocycles. The Bertz CT molecular complexity index is 996. The number of hydrogen-bond donors (Lipinski definition) is 1. The molecule has 9 heteroatoms. The van der Waals surface area contributed by atoms with Gasteiger partial charge in [-0.05, 0) is 48.3 Å². The van der Waals surface area contributed by atoms with E-state index in [-0.39, 0.29) is 4.90 Å². The predicted octanol–water partition coefficient (Wildman–Crippen LogP) is 2.82. The molecule has 0 saturated heterocycles. The zero-order valence-electron chi connectivity index (χ0n) is 14.6. The molecule has 0 aliphatic rings. The Kier molecular flexibility index (Phi) is 5.59. The number of rotatable bonds is 7. The fraction of sp³-hybridized carbons (Fsp3) is 0.294. The van der Waals surface area contributed by atoms with Gasteiger partial charge in [-0.2, -0.15) is 10.2 Å². The zero-order valence-corrected chi connectivity index (χ0v) is 17.0. The van der Waals surface area contributed by atoms with E-state index in [1.165, 1.54) is 0 Å². The first-order valence-electron chi connectivity index (χ1n) is 8.18. The Morgan fingerprint density at radius 3 is 2.58 bits per heavy atom. The third kappa shape index (κ3) is 4.05. The molecule has 0 atom stereocenters. The first-order chi connectivity index (χ1) is 12.4. The SMILES string of the molecule is Cc1nn(-c2ccccc2)c(C)c1S(=O)(=O)NCCCn1cc(Br)cn1. The summed E-state index contributed by atoms with van der Waals surface area (Å²) in [5.74, 6) is 0. The monoisotopic (exact) mass is 437 g/mol. The lowest BCUT2D eigenvalue weighted by Crippen LogP contribution is -2.26. The van der Waals surface area contributed by atoms with E-state index < -0.39 is 10.0 Å². The molecule has 0 fully saturated rings. The van der Waals surface area contributed by atoms with E-state index in [1.54, 1.807) is 29.4 Å². The number of nitrogens with zero attached hydrogens (tertiary/aromatic N) is 4. The van der Waals surface area contributed by atoms with Crippen LogP contribution in [0.15, 0.2) is 52.1 Å². The first kappa shape index (κ1) is 18.8. The van der Waals surface area contributed by atoms with Gasteiger partial charge in [-0.15, -0.1) is 0 Å². The van der Waals surface area contributed by atoms with Gasteiger partial charge in [0.25, 0.3) is 0 Å². The molecule has 0 spiro atoms. The fourth-order valence-electron chi connectivity index (χ4n) is 2.82. The normalized spacial score (nSPS) is 11.8. The standard InChI is InChI=1S/C17H20BrN5O2S/c1-13-17(14(2)23(21-13)16-7-4-3-5-8-16)26(24,25)20-9-6-10-22-12-15(18)11-19-22/h3-5,7-8,11-12,20H,6,9-10H2,1-2H3. The molecule has 0 bridgehead atoms. The lowest BCUT2D eigenvalue weighted by atomic mass is 10.3. The largest absolute Gasteiger partial charge is 0.272 e. The second-order valence-electron chi connectivity index (χ2n) is 5.92. The molecule has 0 radical (unpaired) electrons. The highest BCUT2D eigenvalue weighted by Gasteiger charge is 2.24. The fourth-order valence-corrected chi connectivity index (χ4v) is 4.61. The van der Waals surface area contributed by atoms with Crippen LogP contribution in [-0.2, 0) is 16.6 Å². The van der Waals surface area contributed by atoms with Gasteiger partial charge in [0.2, 0.25) is 10.0 Å². The number of hydrogen-bond acceptors (Lipinski definition) is 4. The summed E-state index contributed by atoms with van der Waals surface area (Å²) < 4.78 is 32.5. The van der Waals surface area contributed by atoms with Crippen LogP contribution >= 0.6 is 15.9 Å². The van der Waals surface area contributed by atoms with Gasteiger partial charge in [0, 0.05) is 19.3 Å². The van der Waals surface area contributed by atoms with Crippen LogP contribution in [0.5, 0.6) is 0 Å². The molecule has 0 amide bonds. The predicted molar refractivity (Wildman–Crippen MR) is 103 cm³/mol. The van der Waals surface area contributed by atoms with Crippen molar-refractivity contribution in [1.82, 2.24) is 24.3 Å². The number of para-hydroxylation sites is 1. The zero-order chi connectivity index (χ0) is 18.7. The molecule has 0 aliphatic carbocycles. The van der Waals surface area contributed by atoms with Crippen molar-refractivity contribution >= 4 is 26.0 Å². The van der Waals surface area contributed by atoms with E-state index in [4.69, 9.17) is 0 Å². The van der Waals surface area contributed by atoms with Crippen LogP contribution in [0, 0.1) is 13.8 Å². The molecule has 3 aromatic rings. The molecule has 0 unspecified atom stereocenters. The lowest BCUT2D eigenvalue weighted by molar-refractivity contribution is 0.552. The Hall–Kier alpha value is -1.97. The van der Waals surface area contributed by atoms with Gasteiger partial charge in [0.05, 0.1) is 27.7 Å². The van der Waals surface area contributed by atoms with Crippen LogP contribution in [0.2, 0.25) is 0 Å². The van der Waals surface area contributed by atoms with Crippen molar-refractivity contribution < 1.29 is 8.42 Å². The van der Waals surface area contributed by atoms with E-state index in [1.807, 2.05) is 36.5 Å². The summed E-state index contributed by atoms with van der Waals surface area (Å²) >= 11 is 3.34. The second-order valence-corrected chi connectivity index (χ2v) is 8.54. The Morgan fingerprint density at radius 1 is 1.19 bits per heavy atom. The number of nitrogens with one attached hydrogen (secondary N) is 1. The quantitative estimate of drug-likeness (QED) is 0.576. The summed E-state index contributed by atoms with van der Waals surface area (Å²) in [5.41, 5.74) is 1.91. The highest BCUT2D eigenvalue weighted by atomic mass is 79.9. The number of sulfonamides is 1. The minimum atomic E-state index is -3.63. The Balaban J connectivity index is 1.72. The van der Waals surface area contributed by atoms with Crippen molar-refractivity contribution in [3.8, 4) is 5.69 Å². The van der Waals surface area contributed by atoms with Gasteiger partial charge in [0.1, 0.15) is 4.90 Å². The summed E-state index contributed by atoms with van der Waals surface area (Å²) in [7, 11) is -3.63. The second kappa shape index (κ2) is 7.73. The molecule has 138 valence electrons. The van der Waals surface area contributed by atoms with Gasteiger partial charge in [-0.3, -0.25) is 4.68 Å². The third-order valence-corrected chi connectivity index (χ3v) is 6.07. The van der Waals surface area contributed by atoms with Gasteiger partial charge in [0.15, 0.2) is 0 Å². The molecule has 2 aromatic heterocycles. The van der Waals surface area contributed by atoms with Crippen molar-refractivity contribution in [3.05, 3.63) is 58.6 Å². The van der Waals surface area contributed by atoms with Gasteiger partial charge < -0.3 is 0 Å². The topological polar surface area (TPSA) is 81.8 Å². The molecule has 1 N–H and O–H groups in total. The molecule has 2 heterocycles. The number of aryl methyl sites for hydroxylation is 2. The summed E-state index contributed by atoms with van der Waals surface area (Å²) in [6.45, 7) is 4.44. The molecular weight excluding hydrogens is 418 g/mol. The summed E-state index contributed by atoms with van der Waals surface area (Å²) in [6, 6.07) is 9.49. The third-order valence-electron chi connectivity index (χ3n) is 3.95. The van der Waals surface area contributed by atoms with Crippen LogP contribution in [0.25, 0.3) is 5.69 Å². The molecule has 1 aromatic carbocycles. The van der Waals surface area contributed by atoms with Gasteiger partial charge in [-0.25, -0.2) is 17.8 Å². The van der Waals surface area contributed by atoms with Crippen molar-refractivity contribution in [2.75, 3.05) is 6.54 Å². The van der Waals surface area contributed by atoms with Crippen LogP contribution in [0.1, 0.15) is 17.8 Å². The van der Waals surface area contributed by atoms with Crippen molar-refractivity contribution in [3.63, 3.8) is 0 Å². The van der Waals surface area contributed by atoms with Crippen molar-refractivity contribution in [1.29, 1.82) is 0 Å². The van der Waals surface area contributed by atoms with E-state index in [9.17, 15) is 8.42 Å². The Morgan fingerprint density at radius 2 is 1.92 bits per heavy atom. The highest BCUT2D eigenvalue weighted by Crippen LogP contribution is 2.22. The number of halogens is 1. The van der Waals surface area contributed by atoms with E-state index in [0.717, 1.165) is 10.2 Å². The number of aromatic nitrogens is 4. The molecule has 3 rings (SSSR count). The molecular formula is C17H20BrN5O2S. The minimum Gasteiger partial charge on any atom is -0.272 e. The van der Waals surface area contributed by atoms with E-state index >= 15 is 0 Å². The van der Waals surface area contributed by atoms with Crippen LogP contribution < -0.4 is 4.72 Å². The Labute approximate surface area is 161 Å². The minimum absolute atomic E-state index is 0.239. The summed E-state index contributed by atoms with van der Waals surface area (Å²) in [5, 5.41) is 8.56. The summed E-state index contributed by atoms with van der Waals surface area (Å²) in [4.78, 5) is 0.239. The van der Waals surface area contributed by atoms with Crippen molar-refractivity contribution in [2.45, 2.75) is 31.7 Å². The van der Waals surface area contributed by atoms with Gasteiger partial charge in [-0.1, -0.05) is 18.2 Å². The maximum atomic E-state index is 12.7. The maximum Gasteiger partial charge on any atom is 0.244 e.